The highest BCUT2D eigenvalue weighted by Crippen LogP contribution is 2.10. The lowest BCUT2D eigenvalue weighted by Crippen LogP contribution is -2.27. The quantitative estimate of drug-likeness (QED) is 0.831. The second-order valence-corrected chi connectivity index (χ2v) is 7.12. The van der Waals surface area contributed by atoms with Crippen molar-refractivity contribution >= 4 is 23.0 Å². The van der Waals surface area contributed by atoms with Crippen LogP contribution in [0.3, 0.4) is 0 Å². The molecule has 7 heteroatoms. The number of ether oxygens (including phenoxy) is 1. The molecule has 0 bridgehead atoms. The first-order valence-electron chi connectivity index (χ1n) is 6.76. The van der Waals surface area contributed by atoms with E-state index in [1.807, 2.05) is 27.8 Å². The molecule has 1 rings (SSSR count). The minimum absolute atomic E-state index is 0.126. The van der Waals surface area contributed by atoms with Crippen molar-refractivity contribution < 1.29 is 14.3 Å². The number of aromatic nitrogens is 2. The van der Waals surface area contributed by atoms with Gasteiger partial charge in [0.1, 0.15) is 5.60 Å². The molecule has 0 atom stereocenters. The van der Waals surface area contributed by atoms with Crippen LogP contribution in [0.25, 0.3) is 0 Å². The molecule has 6 nitrogen and oxygen atoms in total. The zero-order chi connectivity index (χ0) is 16.0. The van der Waals surface area contributed by atoms with Gasteiger partial charge in [0.05, 0.1) is 6.20 Å². The molecule has 1 aromatic rings. The molecule has 0 saturated heterocycles. The first kappa shape index (κ1) is 17.7. The van der Waals surface area contributed by atoms with E-state index in [1.165, 1.54) is 16.4 Å². The van der Waals surface area contributed by atoms with Gasteiger partial charge < -0.3 is 9.64 Å². The Morgan fingerprint density at radius 3 is 2.67 bits per heavy atom. The van der Waals surface area contributed by atoms with E-state index in [-0.39, 0.29) is 5.12 Å². The van der Waals surface area contributed by atoms with Crippen LogP contribution in [0.1, 0.15) is 33.3 Å². The predicted molar refractivity (Wildman–Crippen MR) is 83.3 cm³/mol. The molecule has 21 heavy (non-hydrogen) atoms. The van der Waals surface area contributed by atoms with Crippen LogP contribution in [0.5, 0.6) is 0 Å². The summed E-state index contributed by atoms with van der Waals surface area (Å²) < 4.78 is 6.45. The lowest BCUT2D eigenvalue weighted by molar-refractivity contribution is -0.109. The first-order chi connectivity index (χ1) is 9.67. The zero-order valence-corrected chi connectivity index (χ0v) is 14.1. The summed E-state index contributed by atoms with van der Waals surface area (Å²) >= 11 is 1.31. The maximum atomic E-state index is 11.8. The Bertz CT molecular complexity index is 494. The van der Waals surface area contributed by atoms with Gasteiger partial charge in [0, 0.05) is 37.5 Å². The molecule has 0 aliphatic rings. The fourth-order valence-electron chi connectivity index (χ4n) is 1.59. The van der Waals surface area contributed by atoms with Crippen LogP contribution in [0.2, 0.25) is 0 Å². The molecule has 0 aliphatic carbocycles. The summed E-state index contributed by atoms with van der Waals surface area (Å²) in [6.07, 6.45) is 2.84. The summed E-state index contributed by atoms with van der Waals surface area (Å²) in [7, 11) is 1.96. The molecule has 0 fully saturated rings. The van der Waals surface area contributed by atoms with Crippen molar-refractivity contribution in [2.75, 3.05) is 19.3 Å². The molecule has 0 N–H and O–H groups in total. The van der Waals surface area contributed by atoms with Gasteiger partial charge in [0.15, 0.2) is 5.12 Å². The minimum atomic E-state index is -0.538. The predicted octanol–water partition coefficient (Wildman–Crippen LogP) is 2.38. The number of thioether (sulfide) groups is 1. The summed E-state index contributed by atoms with van der Waals surface area (Å²) in [5.74, 6) is 0.756. The largest absolute Gasteiger partial charge is 0.442 e. The van der Waals surface area contributed by atoms with Crippen molar-refractivity contribution in [1.82, 2.24) is 14.7 Å². The molecule has 0 radical (unpaired) electrons. The topological polar surface area (TPSA) is 64.4 Å². The van der Waals surface area contributed by atoms with Crippen LogP contribution in [0.15, 0.2) is 12.4 Å². The monoisotopic (exact) mass is 313 g/mol. The smallest absolute Gasteiger partial charge is 0.435 e. The fraction of sp³-hybridized carbons (Fsp3) is 0.643. The normalized spacial score (nSPS) is 11.7. The number of nitrogens with zero attached hydrogens (tertiary/aromatic N) is 3. The van der Waals surface area contributed by atoms with Crippen molar-refractivity contribution in [2.24, 2.45) is 0 Å². The van der Waals surface area contributed by atoms with Crippen LogP contribution in [-0.4, -0.2) is 50.8 Å². The van der Waals surface area contributed by atoms with Gasteiger partial charge in [0.25, 0.3) is 0 Å². The van der Waals surface area contributed by atoms with E-state index in [9.17, 15) is 9.59 Å². The molecular weight excluding hydrogens is 290 g/mol. The van der Waals surface area contributed by atoms with Crippen molar-refractivity contribution in [3.8, 4) is 0 Å². The Morgan fingerprint density at radius 2 is 2.10 bits per heavy atom. The van der Waals surface area contributed by atoms with Gasteiger partial charge in [-0.15, -0.1) is 0 Å². The Labute approximate surface area is 129 Å². The van der Waals surface area contributed by atoms with E-state index in [1.54, 1.807) is 19.3 Å². The van der Waals surface area contributed by atoms with Gasteiger partial charge >= 0.3 is 6.09 Å². The van der Waals surface area contributed by atoms with Gasteiger partial charge in [0.2, 0.25) is 0 Å². The third kappa shape index (κ3) is 7.29. The third-order valence-electron chi connectivity index (χ3n) is 2.45. The molecule has 118 valence electrons. The molecule has 1 aromatic heterocycles. The maximum Gasteiger partial charge on any atom is 0.435 e. The average Bonchev–Trinajstić information content (AvgIpc) is 2.74. The van der Waals surface area contributed by atoms with E-state index in [2.05, 4.69) is 10.00 Å². The summed E-state index contributed by atoms with van der Waals surface area (Å²) in [4.78, 5) is 24.8. The van der Waals surface area contributed by atoms with Crippen LogP contribution >= 0.6 is 11.8 Å². The number of carbonyl (C=O) groups excluding carboxylic acids is 2. The van der Waals surface area contributed by atoms with Crippen LogP contribution in [0.4, 0.5) is 4.79 Å². The Kier molecular flexibility index (Phi) is 6.42. The van der Waals surface area contributed by atoms with Crippen LogP contribution in [0, 0.1) is 0 Å². The molecule has 0 aromatic carbocycles. The highest BCUT2D eigenvalue weighted by molar-refractivity contribution is 8.13. The average molecular weight is 313 g/mol. The van der Waals surface area contributed by atoms with Gasteiger partial charge in [-0.2, -0.15) is 9.78 Å². The number of hydrogen-bond acceptors (Lipinski definition) is 6. The Balaban J connectivity index is 2.47. The fourth-order valence-corrected chi connectivity index (χ4v) is 2.28. The van der Waals surface area contributed by atoms with Crippen molar-refractivity contribution in [2.45, 2.75) is 39.8 Å². The standard InChI is InChI=1S/C14H23N3O3S/c1-11(18)21-7-6-16(5)9-12-8-15-17(10-12)13(19)20-14(2,3)4/h8,10H,6-7,9H2,1-5H3. The molecule has 0 unspecified atom stereocenters. The Hall–Kier alpha value is -1.34. The van der Waals surface area contributed by atoms with E-state index in [4.69, 9.17) is 4.74 Å². The lowest BCUT2D eigenvalue weighted by atomic mass is 10.2. The summed E-state index contributed by atoms with van der Waals surface area (Å²) in [6.45, 7) is 8.47. The molecule has 1 heterocycles. The SMILES string of the molecule is CC(=O)SCCN(C)Cc1cnn(C(=O)OC(C)(C)C)c1. The van der Waals surface area contributed by atoms with E-state index >= 15 is 0 Å². The molecular formula is C14H23N3O3S. The molecule has 0 aliphatic heterocycles. The maximum absolute atomic E-state index is 11.8. The van der Waals surface area contributed by atoms with Crippen molar-refractivity contribution in [3.63, 3.8) is 0 Å². The van der Waals surface area contributed by atoms with Crippen LogP contribution < -0.4 is 0 Å². The highest BCUT2D eigenvalue weighted by Gasteiger charge is 2.18. The highest BCUT2D eigenvalue weighted by atomic mass is 32.2. The summed E-state index contributed by atoms with van der Waals surface area (Å²) in [5.41, 5.74) is 0.389. The first-order valence-corrected chi connectivity index (χ1v) is 7.75. The van der Waals surface area contributed by atoms with Crippen molar-refractivity contribution in [1.29, 1.82) is 0 Å². The van der Waals surface area contributed by atoms with Gasteiger partial charge in [-0.25, -0.2) is 4.79 Å². The second-order valence-electron chi connectivity index (χ2n) is 5.85. The summed E-state index contributed by atoms with van der Waals surface area (Å²) in [5, 5.41) is 4.14. The minimum Gasteiger partial charge on any atom is -0.442 e. The van der Waals surface area contributed by atoms with E-state index < -0.39 is 11.7 Å². The van der Waals surface area contributed by atoms with E-state index in [0.29, 0.717) is 6.54 Å². The number of rotatable bonds is 5. The molecule has 0 saturated carbocycles. The van der Waals surface area contributed by atoms with Gasteiger partial charge in [-0.3, -0.25) is 4.79 Å². The zero-order valence-electron chi connectivity index (χ0n) is 13.3. The Morgan fingerprint density at radius 1 is 1.43 bits per heavy atom. The second kappa shape index (κ2) is 7.61. The number of hydrogen-bond donors (Lipinski definition) is 0. The van der Waals surface area contributed by atoms with Crippen molar-refractivity contribution in [3.05, 3.63) is 18.0 Å². The van der Waals surface area contributed by atoms with Gasteiger partial charge in [-0.1, -0.05) is 11.8 Å². The van der Waals surface area contributed by atoms with Gasteiger partial charge in [-0.05, 0) is 27.8 Å². The third-order valence-corrected chi connectivity index (χ3v) is 3.24. The number of carbonyl (C=O) groups is 2. The summed E-state index contributed by atoms with van der Waals surface area (Å²) in [6, 6.07) is 0. The lowest BCUT2D eigenvalue weighted by Gasteiger charge is -2.18. The van der Waals surface area contributed by atoms with Crippen LogP contribution in [-0.2, 0) is 16.1 Å². The molecule has 0 spiro atoms. The van der Waals surface area contributed by atoms with E-state index in [0.717, 1.165) is 17.9 Å². The molecule has 0 amide bonds.